The Morgan fingerprint density at radius 1 is 0.767 bits per heavy atom. The molecule has 0 amide bonds. The molecule has 8 heteroatoms. The average Bonchev–Trinajstić information content (AvgIpc) is 2.73. The summed E-state index contributed by atoms with van der Waals surface area (Å²) in [6, 6.07) is 8.58. The summed E-state index contributed by atoms with van der Waals surface area (Å²) >= 11 is 1.22. The third kappa shape index (κ3) is 7.74. The fourth-order valence-electron chi connectivity index (χ4n) is 2.94. The lowest BCUT2D eigenvalue weighted by atomic mass is 10.1. The van der Waals surface area contributed by atoms with E-state index in [0.717, 1.165) is 19.3 Å². The molecule has 0 bridgehead atoms. The van der Waals surface area contributed by atoms with Crippen molar-refractivity contribution in [3.63, 3.8) is 0 Å². The molecule has 4 N–H and O–H groups in total. The number of hydrogen-bond acceptors (Lipinski definition) is 6. The van der Waals surface area contributed by atoms with Crippen molar-refractivity contribution < 1.29 is 24.6 Å². The molecule has 0 aliphatic heterocycles. The van der Waals surface area contributed by atoms with Gasteiger partial charge in [0.15, 0.2) is 23.0 Å². The summed E-state index contributed by atoms with van der Waals surface area (Å²) in [4.78, 5) is 1.02. The molecule has 0 saturated heterocycles. The van der Waals surface area contributed by atoms with E-state index >= 15 is 0 Å². The summed E-state index contributed by atoms with van der Waals surface area (Å²) < 4.78 is 14.8. The SMILES string of the molecule is CCCCCCCCCCN(Sc1ccc(O)c(O)c1)S(=O)c1ccc(O)c(O)c1. The molecule has 1 atom stereocenters. The van der Waals surface area contributed by atoms with E-state index < -0.39 is 11.0 Å². The quantitative estimate of drug-likeness (QED) is 0.177. The van der Waals surface area contributed by atoms with Gasteiger partial charge in [0.1, 0.15) is 11.0 Å². The molecule has 2 rings (SSSR count). The smallest absolute Gasteiger partial charge is 0.158 e. The van der Waals surface area contributed by atoms with Crippen LogP contribution in [0.3, 0.4) is 0 Å². The van der Waals surface area contributed by atoms with Gasteiger partial charge in [0.05, 0.1) is 4.90 Å². The predicted octanol–water partition coefficient (Wildman–Crippen LogP) is 5.68. The highest BCUT2D eigenvalue weighted by Gasteiger charge is 2.19. The summed E-state index contributed by atoms with van der Waals surface area (Å²) in [6.07, 6.45) is 9.26. The number of phenols is 4. The molecule has 0 saturated carbocycles. The van der Waals surface area contributed by atoms with Gasteiger partial charge in [0.25, 0.3) is 0 Å². The van der Waals surface area contributed by atoms with Crippen molar-refractivity contribution >= 4 is 22.9 Å². The lowest BCUT2D eigenvalue weighted by molar-refractivity contribution is 0.402. The highest BCUT2D eigenvalue weighted by molar-refractivity contribution is 8.06. The van der Waals surface area contributed by atoms with E-state index in [1.165, 1.54) is 74.4 Å². The van der Waals surface area contributed by atoms with Crippen molar-refractivity contribution in [1.82, 2.24) is 3.71 Å². The van der Waals surface area contributed by atoms with Gasteiger partial charge in [0.2, 0.25) is 0 Å². The number of rotatable bonds is 13. The van der Waals surface area contributed by atoms with Crippen LogP contribution in [0.1, 0.15) is 58.3 Å². The van der Waals surface area contributed by atoms with Gasteiger partial charge >= 0.3 is 0 Å². The van der Waals surface area contributed by atoms with Crippen LogP contribution in [-0.4, -0.2) is 34.9 Å². The van der Waals surface area contributed by atoms with Crippen molar-refractivity contribution in [2.45, 2.75) is 68.1 Å². The van der Waals surface area contributed by atoms with Gasteiger partial charge in [-0.2, -0.15) is 3.71 Å². The van der Waals surface area contributed by atoms with E-state index in [0.29, 0.717) is 16.3 Å². The highest BCUT2D eigenvalue weighted by atomic mass is 32.2. The highest BCUT2D eigenvalue weighted by Crippen LogP contribution is 2.35. The van der Waals surface area contributed by atoms with Crippen molar-refractivity contribution in [2.24, 2.45) is 0 Å². The standard InChI is InChI=1S/C22H31NO5S2/c1-2-3-4-5-6-7-8-9-14-23(29-17-10-12-19(24)21(26)15-17)30(28)18-11-13-20(25)22(27)16-18/h10-13,15-16,24-27H,2-9,14H2,1H3. The predicted molar refractivity (Wildman–Crippen MR) is 121 cm³/mol. The minimum absolute atomic E-state index is 0.210. The number of benzene rings is 2. The Morgan fingerprint density at radius 3 is 1.93 bits per heavy atom. The molecule has 0 heterocycles. The maximum absolute atomic E-state index is 13.1. The van der Waals surface area contributed by atoms with Gasteiger partial charge < -0.3 is 20.4 Å². The zero-order valence-electron chi connectivity index (χ0n) is 17.3. The number of unbranched alkanes of at least 4 members (excludes halogenated alkanes) is 7. The Bertz CT molecular complexity index is 831. The Labute approximate surface area is 185 Å². The van der Waals surface area contributed by atoms with Crippen molar-refractivity contribution in [3.05, 3.63) is 36.4 Å². The molecule has 166 valence electrons. The zero-order valence-corrected chi connectivity index (χ0v) is 18.9. The van der Waals surface area contributed by atoms with Crippen LogP contribution in [0, 0.1) is 0 Å². The van der Waals surface area contributed by atoms with Crippen molar-refractivity contribution in [2.75, 3.05) is 6.54 Å². The van der Waals surface area contributed by atoms with Crippen LogP contribution in [0.15, 0.2) is 46.2 Å². The van der Waals surface area contributed by atoms with Crippen LogP contribution in [-0.2, 0) is 11.0 Å². The largest absolute Gasteiger partial charge is 0.504 e. The molecule has 2 aromatic rings. The summed E-state index contributed by atoms with van der Waals surface area (Å²) in [5.74, 6) is -1.03. The molecule has 0 spiro atoms. The van der Waals surface area contributed by atoms with Crippen LogP contribution in [0.2, 0.25) is 0 Å². The van der Waals surface area contributed by atoms with Gasteiger partial charge in [-0.25, -0.2) is 4.21 Å². The van der Waals surface area contributed by atoms with Gasteiger partial charge in [-0.3, -0.25) is 0 Å². The molecular formula is C22H31NO5S2. The summed E-state index contributed by atoms with van der Waals surface area (Å²) in [6.45, 7) is 2.75. The lowest BCUT2D eigenvalue weighted by Gasteiger charge is -2.20. The second kappa shape index (κ2) is 12.7. The minimum atomic E-state index is -1.58. The first-order valence-corrected chi connectivity index (χ1v) is 12.2. The van der Waals surface area contributed by atoms with Gasteiger partial charge in [-0.05, 0) is 48.7 Å². The van der Waals surface area contributed by atoms with Crippen molar-refractivity contribution in [3.8, 4) is 23.0 Å². The minimum Gasteiger partial charge on any atom is -0.504 e. The van der Waals surface area contributed by atoms with E-state index in [2.05, 4.69) is 6.92 Å². The normalized spacial score (nSPS) is 12.3. The van der Waals surface area contributed by atoms with Crippen LogP contribution in [0.25, 0.3) is 0 Å². The van der Waals surface area contributed by atoms with Gasteiger partial charge in [-0.15, -0.1) is 0 Å². The molecule has 0 fully saturated rings. The first-order chi connectivity index (χ1) is 14.4. The summed E-state index contributed by atoms with van der Waals surface area (Å²) in [7, 11) is -1.58. The molecule has 0 aromatic heterocycles. The molecule has 0 aliphatic rings. The number of nitrogens with zero attached hydrogens (tertiary/aromatic N) is 1. The maximum Gasteiger partial charge on any atom is 0.158 e. The van der Waals surface area contributed by atoms with Crippen LogP contribution < -0.4 is 0 Å². The fourth-order valence-corrected chi connectivity index (χ4v) is 5.41. The monoisotopic (exact) mass is 453 g/mol. The van der Waals surface area contributed by atoms with Crippen LogP contribution in [0.5, 0.6) is 23.0 Å². The van der Waals surface area contributed by atoms with Crippen molar-refractivity contribution in [1.29, 1.82) is 0 Å². The molecule has 0 aliphatic carbocycles. The van der Waals surface area contributed by atoms with Gasteiger partial charge in [-0.1, -0.05) is 51.9 Å². The van der Waals surface area contributed by atoms with Gasteiger partial charge in [0, 0.05) is 17.5 Å². The number of hydrogen-bond donors (Lipinski definition) is 4. The summed E-state index contributed by atoms with van der Waals surface area (Å²) in [5.41, 5.74) is 0. The first kappa shape index (κ1) is 24.4. The fraction of sp³-hybridized carbons (Fsp3) is 0.455. The third-order valence-electron chi connectivity index (χ3n) is 4.68. The Balaban J connectivity index is 2.01. The number of phenolic OH excluding ortho intramolecular Hbond substituents is 4. The Kier molecular flexibility index (Phi) is 10.3. The molecule has 30 heavy (non-hydrogen) atoms. The second-order valence-electron chi connectivity index (χ2n) is 7.17. The summed E-state index contributed by atoms with van der Waals surface area (Å²) in [5, 5.41) is 38.5. The second-order valence-corrected chi connectivity index (χ2v) is 9.91. The molecular weight excluding hydrogens is 422 g/mol. The Hall–Kier alpha value is -1.90. The topological polar surface area (TPSA) is 101 Å². The maximum atomic E-state index is 13.1. The van der Waals surface area contributed by atoms with Crippen LogP contribution in [0.4, 0.5) is 0 Å². The van der Waals surface area contributed by atoms with E-state index in [-0.39, 0.29) is 23.0 Å². The molecule has 6 nitrogen and oxygen atoms in total. The zero-order chi connectivity index (χ0) is 21.9. The van der Waals surface area contributed by atoms with E-state index in [1.807, 2.05) is 0 Å². The average molecular weight is 454 g/mol. The molecule has 0 radical (unpaired) electrons. The molecule has 2 aromatic carbocycles. The Morgan fingerprint density at radius 2 is 1.33 bits per heavy atom. The van der Waals surface area contributed by atoms with E-state index in [1.54, 1.807) is 9.78 Å². The lowest BCUT2D eigenvalue weighted by Crippen LogP contribution is -2.20. The van der Waals surface area contributed by atoms with E-state index in [9.17, 15) is 24.6 Å². The van der Waals surface area contributed by atoms with E-state index in [4.69, 9.17) is 0 Å². The molecule has 1 unspecified atom stereocenters. The number of aromatic hydroxyl groups is 4. The third-order valence-corrected chi connectivity index (χ3v) is 7.37. The van der Waals surface area contributed by atoms with Crippen LogP contribution >= 0.6 is 11.9 Å². The first-order valence-electron chi connectivity index (χ1n) is 10.3.